The molecule has 21 heavy (non-hydrogen) atoms. The molecule has 4 nitrogen and oxygen atoms in total. The molecule has 1 aromatic heterocycles. The summed E-state index contributed by atoms with van der Waals surface area (Å²) < 4.78 is 3.22. The number of piperazine rings is 1. The number of aryl methyl sites for hydroxylation is 2. The largest absolute Gasteiger partial charge is 0.311 e. The lowest BCUT2D eigenvalue weighted by molar-refractivity contribution is 0.0900. The van der Waals surface area contributed by atoms with Crippen LogP contribution in [-0.2, 0) is 13.6 Å². The van der Waals surface area contributed by atoms with E-state index in [2.05, 4.69) is 59.1 Å². The number of hydrogen-bond donors (Lipinski definition) is 1. The Labute approximate surface area is 136 Å². The van der Waals surface area contributed by atoms with Crippen molar-refractivity contribution in [2.45, 2.75) is 52.2 Å². The molecule has 2 aliphatic rings. The molecule has 1 aliphatic heterocycles. The number of halogens is 1. The predicted octanol–water partition coefficient (Wildman–Crippen LogP) is 2.70. The van der Waals surface area contributed by atoms with Crippen LogP contribution >= 0.6 is 15.9 Å². The highest BCUT2D eigenvalue weighted by Gasteiger charge is 2.39. The normalized spacial score (nSPS) is 27.5. The molecule has 0 aromatic carbocycles. The Kier molecular flexibility index (Phi) is 4.44. The third-order valence-electron chi connectivity index (χ3n) is 5.07. The maximum absolute atomic E-state index is 4.54. The van der Waals surface area contributed by atoms with E-state index in [1.807, 2.05) is 4.68 Å². The van der Waals surface area contributed by atoms with Gasteiger partial charge in [-0.3, -0.25) is 9.58 Å². The van der Waals surface area contributed by atoms with E-state index in [9.17, 15) is 0 Å². The summed E-state index contributed by atoms with van der Waals surface area (Å²) in [5.41, 5.74) is 2.40. The third kappa shape index (κ3) is 3.20. The maximum Gasteiger partial charge on any atom is 0.0739 e. The van der Waals surface area contributed by atoms with E-state index in [1.54, 1.807) is 0 Å². The van der Waals surface area contributed by atoms with E-state index >= 15 is 0 Å². The van der Waals surface area contributed by atoms with Crippen molar-refractivity contribution in [3.8, 4) is 0 Å². The molecular weight excluding hydrogens is 328 g/mol. The first-order valence-electron chi connectivity index (χ1n) is 8.12. The van der Waals surface area contributed by atoms with Crippen molar-refractivity contribution in [2.24, 2.45) is 18.9 Å². The van der Waals surface area contributed by atoms with Crippen LogP contribution in [0, 0.1) is 18.8 Å². The highest BCUT2D eigenvalue weighted by Crippen LogP contribution is 2.37. The molecule has 1 saturated heterocycles. The molecule has 2 fully saturated rings. The zero-order valence-electron chi connectivity index (χ0n) is 13.6. The number of rotatable bonds is 4. The van der Waals surface area contributed by atoms with E-state index in [4.69, 9.17) is 0 Å². The summed E-state index contributed by atoms with van der Waals surface area (Å²) in [7, 11) is 2.06. The molecule has 0 radical (unpaired) electrons. The zero-order valence-corrected chi connectivity index (χ0v) is 15.2. The fraction of sp³-hybridized carbons (Fsp3) is 0.812. The summed E-state index contributed by atoms with van der Waals surface area (Å²) in [5, 5.41) is 8.31. The van der Waals surface area contributed by atoms with Crippen LogP contribution in [0.1, 0.15) is 38.1 Å². The SMILES string of the molecule is Cc1nn(C)c(CN2CC(C(C)C)NCC2C2CC2)c1Br. The van der Waals surface area contributed by atoms with Gasteiger partial charge in [0, 0.05) is 38.8 Å². The number of nitrogens with one attached hydrogen (secondary N) is 1. The van der Waals surface area contributed by atoms with Crippen LogP contribution in [0.3, 0.4) is 0 Å². The summed E-state index contributed by atoms with van der Waals surface area (Å²) in [6.07, 6.45) is 2.81. The molecule has 1 saturated carbocycles. The van der Waals surface area contributed by atoms with Gasteiger partial charge >= 0.3 is 0 Å². The van der Waals surface area contributed by atoms with Gasteiger partial charge in [-0.25, -0.2) is 0 Å². The molecule has 3 rings (SSSR count). The Morgan fingerprint density at radius 1 is 1.38 bits per heavy atom. The summed E-state index contributed by atoms with van der Waals surface area (Å²) in [6, 6.07) is 1.30. The van der Waals surface area contributed by atoms with Gasteiger partial charge in [0.2, 0.25) is 0 Å². The second kappa shape index (κ2) is 6.01. The van der Waals surface area contributed by atoms with Crippen LogP contribution in [0.5, 0.6) is 0 Å². The van der Waals surface area contributed by atoms with E-state index in [0.717, 1.165) is 31.2 Å². The Morgan fingerprint density at radius 3 is 2.62 bits per heavy atom. The molecule has 0 amide bonds. The van der Waals surface area contributed by atoms with Crippen molar-refractivity contribution in [2.75, 3.05) is 13.1 Å². The third-order valence-corrected chi connectivity index (χ3v) is 6.11. The smallest absolute Gasteiger partial charge is 0.0739 e. The lowest BCUT2D eigenvalue weighted by Crippen LogP contribution is -2.58. The topological polar surface area (TPSA) is 33.1 Å². The lowest BCUT2D eigenvalue weighted by Gasteiger charge is -2.42. The van der Waals surface area contributed by atoms with E-state index in [0.29, 0.717) is 18.0 Å². The van der Waals surface area contributed by atoms with Crippen LogP contribution in [0.15, 0.2) is 4.47 Å². The van der Waals surface area contributed by atoms with Gasteiger partial charge in [0.15, 0.2) is 0 Å². The summed E-state index contributed by atoms with van der Waals surface area (Å²) in [4.78, 5) is 2.69. The predicted molar refractivity (Wildman–Crippen MR) is 89.2 cm³/mol. The van der Waals surface area contributed by atoms with Gasteiger partial charge < -0.3 is 5.32 Å². The molecule has 118 valence electrons. The van der Waals surface area contributed by atoms with Gasteiger partial charge in [0.25, 0.3) is 0 Å². The molecule has 2 unspecified atom stereocenters. The fourth-order valence-electron chi connectivity index (χ4n) is 3.47. The van der Waals surface area contributed by atoms with E-state index in [-0.39, 0.29) is 0 Å². The first-order chi connectivity index (χ1) is 9.97. The van der Waals surface area contributed by atoms with Crippen LogP contribution in [0.4, 0.5) is 0 Å². The average molecular weight is 355 g/mol. The highest BCUT2D eigenvalue weighted by molar-refractivity contribution is 9.10. The van der Waals surface area contributed by atoms with Crippen molar-refractivity contribution in [1.29, 1.82) is 0 Å². The highest BCUT2D eigenvalue weighted by atomic mass is 79.9. The van der Waals surface area contributed by atoms with Crippen molar-refractivity contribution in [3.05, 3.63) is 15.9 Å². The second-order valence-electron chi connectivity index (χ2n) is 7.06. The fourth-order valence-corrected chi connectivity index (χ4v) is 3.93. The molecule has 0 bridgehead atoms. The molecule has 2 heterocycles. The Balaban J connectivity index is 1.78. The van der Waals surface area contributed by atoms with Gasteiger partial charge in [0.1, 0.15) is 0 Å². The minimum absolute atomic E-state index is 0.605. The molecule has 2 atom stereocenters. The van der Waals surface area contributed by atoms with Gasteiger partial charge in [-0.05, 0) is 47.5 Å². The van der Waals surface area contributed by atoms with E-state index < -0.39 is 0 Å². The van der Waals surface area contributed by atoms with Crippen LogP contribution in [-0.4, -0.2) is 39.9 Å². The molecular formula is C16H27BrN4. The first-order valence-corrected chi connectivity index (χ1v) is 8.92. The van der Waals surface area contributed by atoms with Crippen molar-refractivity contribution in [3.63, 3.8) is 0 Å². The monoisotopic (exact) mass is 354 g/mol. The van der Waals surface area contributed by atoms with Crippen molar-refractivity contribution in [1.82, 2.24) is 20.0 Å². The van der Waals surface area contributed by atoms with Crippen LogP contribution in [0.2, 0.25) is 0 Å². The zero-order chi connectivity index (χ0) is 15.1. The van der Waals surface area contributed by atoms with Crippen molar-refractivity contribution < 1.29 is 0 Å². The Morgan fingerprint density at radius 2 is 2.10 bits per heavy atom. The standard InChI is InChI=1S/C16H27BrN4/c1-10(2)13-8-21(14(7-18-13)12-5-6-12)9-15-16(17)11(3)19-20(15)4/h10,12-14,18H,5-9H2,1-4H3. The minimum Gasteiger partial charge on any atom is -0.311 e. The van der Waals surface area contributed by atoms with Crippen LogP contribution in [0.25, 0.3) is 0 Å². The lowest BCUT2D eigenvalue weighted by atomic mass is 9.97. The number of nitrogens with zero attached hydrogens (tertiary/aromatic N) is 3. The summed E-state index contributed by atoms with van der Waals surface area (Å²) in [6.45, 7) is 10.00. The van der Waals surface area contributed by atoms with Crippen molar-refractivity contribution >= 4 is 15.9 Å². The maximum atomic E-state index is 4.54. The molecule has 5 heteroatoms. The number of aromatic nitrogens is 2. The number of hydrogen-bond acceptors (Lipinski definition) is 3. The molecule has 1 aromatic rings. The van der Waals surface area contributed by atoms with Gasteiger partial charge in [-0.1, -0.05) is 13.8 Å². The molecule has 1 N–H and O–H groups in total. The summed E-state index contributed by atoms with van der Waals surface area (Å²) >= 11 is 3.72. The second-order valence-corrected chi connectivity index (χ2v) is 7.86. The van der Waals surface area contributed by atoms with Crippen LogP contribution < -0.4 is 5.32 Å². The van der Waals surface area contributed by atoms with Gasteiger partial charge in [-0.15, -0.1) is 0 Å². The summed E-state index contributed by atoms with van der Waals surface area (Å²) in [5.74, 6) is 1.59. The average Bonchev–Trinajstić information content (AvgIpc) is 3.24. The molecule has 1 aliphatic carbocycles. The molecule has 0 spiro atoms. The minimum atomic E-state index is 0.605. The van der Waals surface area contributed by atoms with E-state index in [1.165, 1.54) is 23.0 Å². The Hall–Kier alpha value is -0.390. The first kappa shape index (κ1) is 15.5. The van der Waals surface area contributed by atoms with Gasteiger partial charge in [0.05, 0.1) is 15.9 Å². The Bertz CT molecular complexity index is 507. The van der Waals surface area contributed by atoms with Gasteiger partial charge in [-0.2, -0.15) is 5.10 Å². The quantitative estimate of drug-likeness (QED) is 0.902.